The second-order valence-electron chi connectivity index (χ2n) is 6.35. The van der Waals surface area contributed by atoms with E-state index in [0.717, 1.165) is 27.4 Å². The summed E-state index contributed by atoms with van der Waals surface area (Å²) in [7, 11) is 0. The van der Waals surface area contributed by atoms with Crippen LogP contribution in [0.1, 0.15) is 0 Å². The lowest BCUT2D eigenvalue weighted by molar-refractivity contribution is 1.08. The zero-order valence-corrected chi connectivity index (χ0v) is 14.1. The van der Waals surface area contributed by atoms with Crippen LogP contribution in [-0.4, -0.2) is 10.2 Å². The molecule has 122 valence electrons. The molecule has 0 atom stereocenters. The van der Waals surface area contributed by atoms with Crippen LogP contribution in [0.5, 0.6) is 0 Å². The van der Waals surface area contributed by atoms with Gasteiger partial charge in [0.25, 0.3) is 0 Å². The van der Waals surface area contributed by atoms with Crippen molar-refractivity contribution in [3.63, 3.8) is 0 Å². The maximum absolute atomic E-state index is 4.48. The van der Waals surface area contributed by atoms with E-state index in [9.17, 15) is 0 Å². The molecule has 2 nitrogen and oxygen atoms in total. The molecule has 5 aromatic rings. The van der Waals surface area contributed by atoms with Gasteiger partial charge < -0.3 is 0 Å². The Hall–Kier alpha value is -3.52. The Morgan fingerprint density at radius 1 is 0.462 bits per heavy atom. The Labute approximate surface area is 151 Å². The summed E-state index contributed by atoms with van der Waals surface area (Å²) < 4.78 is 0. The van der Waals surface area contributed by atoms with Crippen molar-refractivity contribution >= 4 is 21.7 Å². The van der Waals surface area contributed by atoms with Gasteiger partial charge in [0.05, 0.1) is 6.20 Å². The van der Waals surface area contributed by atoms with Crippen LogP contribution in [0.3, 0.4) is 0 Å². The summed E-state index contributed by atoms with van der Waals surface area (Å²) in [5.41, 5.74) is 5.65. The first-order valence-corrected chi connectivity index (χ1v) is 8.70. The van der Waals surface area contributed by atoms with Gasteiger partial charge in [-0.2, -0.15) is 5.10 Å². The Kier molecular flexibility index (Phi) is 3.46. The fourth-order valence-electron chi connectivity index (χ4n) is 3.60. The third-order valence-electron chi connectivity index (χ3n) is 4.84. The van der Waals surface area contributed by atoms with E-state index in [2.05, 4.69) is 89.1 Å². The van der Waals surface area contributed by atoms with Crippen LogP contribution in [0, 0.1) is 0 Å². The Bertz CT molecular complexity index is 1110. The average molecular weight is 332 g/mol. The molecular weight excluding hydrogens is 316 g/mol. The molecular formula is C24H16N2. The van der Waals surface area contributed by atoms with Crippen molar-refractivity contribution in [3.05, 3.63) is 97.2 Å². The van der Waals surface area contributed by atoms with Gasteiger partial charge >= 0.3 is 0 Å². The van der Waals surface area contributed by atoms with Gasteiger partial charge in [0.2, 0.25) is 0 Å². The summed E-state index contributed by atoms with van der Waals surface area (Å²) in [6, 6.07) is 31.6. The van der Waals surface area contributed by atoms with E-state index < -0.39 is 0 Å². The summed E-state index contributed by atoms with van der Waals surface area (Å²) in [6.07, 6.45) is 1.85. The summed E-state index contributed by atoms with van der Waals surface area (Å²) in [5, 5.41) is 12.2. The number of hydrogen-bond acceptors (Lipinski definition) is 2. The molecule has 0 bridgehead atoms. The molecule has 0 amide bonds. The first-order chi connectivity index (χ1) is 12.9. The van der Waals surface area contributed by atoms with Crippen molar-refractivity contribution in [3.8, 4) is 22.3 Å². The lowest BCUT2D eigenvalue weighted by Gasteiger charge is -2.11. The molecule has 0 fully saturated rings. The topological polar surface area (TPSA) is 25.8 Å². The minimum absolute atomic E-state index is 0.946. The smallest absolute Gasteiger partial charge is 0.101 e. The van der Waals surface area contributed by atoms with Gasteiger partial charge in [-0.3, -0.25) is 0 Å². The minimum Gasteiger partial charge on any atom is -0.158 e. The number of nitrogens with zero attached hydrogens (tertiary/aromatic N) is 2. The predicted molar refractivity (Wildman–Crippen MR) is 108 cm³/mol. The van der Waals surface area contributed by atoms with E-state index in [1.807, 2.05) is 18.3 Å². The molecule has 0 saturated heterocycles. The summed E-state index contributed by atoms with van der Waals surface area (Å²) in [4.78, 5) is 0. The van der Waals surface area contributed by atoms with E-state index in [1.165, 1.54) is 16.5 Å². The lowest BCUT2D eigenvalue weighted by atomic mass is 9.94. The number of benzene rings is 4. The number of rotatable bonds is 2. The van der Waals surface area contributed by atoms with Gasteiger partial charge in [-0.1, -0.05) is 91.0 Å². The van der Waals surface area contributed by atoms with E-state index in [1.54, 1.807) is 0 Å². The predicted octanol–water partition coefficient (Wildman–Crippen LogP) is 6.12. The van der Waals surface area contributed by atoms with Crippen LogP contribution in [0.4, 0.5) is 0 Å². The first kappa shape index (κ1) is 14.8. The third-order valence-corrected chi connectivity index (χ3v) is 4.84. The van der Waals surface area contributed by atoms with Crippen molar-refractivity contribution in [1.82, 2.24) is 10.2 Å². The highest BCUT2D eigenvalue weighted by molar-refractivity contribution is 6.13. The molecule has 0 radical (unpaired) electrons. The van der Waals surface area contributed by atoms with Gasteiger partial charge in [-0.15, -0.1) is 5.10 Å². The van der Waals surface area contributed by atoms with Crippen molar-refractivity contribution in [2.24, 2.45) is 0 Å². The molecule has 0 N–H and O–H groups in total. The maximum atomic E-state index is 4.48. The highest BCUT2D eigenvalue weighted by Gasteiger charge is 2.11. The van der Waals surface area contributed by atoms with Gasteiger partial charge in [0.1, 0.15) is 5.52 Å². The summed E-state index contributed by atoms with van der Waals surface area (Å²) >= 11 is 0. The van der Waals surface area contributed by atoms with Crippen LogP contribution in [0.15, 0.2) is 97.2 Å². The molecule has 5 rings (SSSR count). The normalized spacial score (nSPS) is 11.1. The fraction of sp³-hybridized carbons (Fsp3) is 0. The molecule has 1 aromatic heterocycles. The van der Waals surface area contributed by atoms with E-state index in [0.29, 0.717) is 0 Å². The van der Waals surface area contributed by atoms with Gasteiger partial charge in [-0.05, 0) is 22.1 Å². The number of hydrogen-bond donors (Lipinski definition) is 0. The first-order valence-electron chi connectivity index (χ1n) is 8.70. The highest BCUT2D eigenvalue weighted by atomic mass is 15.1. The molecule has 1 heterocycles. The lowest BCUT2D eigenvalue weighted by Crippen LogP contribution is -1.90. The largest absolute Gasteiger partial charge is 0.158 e. The van der Waals surface area contributed by atoms with Crippen LogP contribution in [0.25, 0.3) is 43.9 Å². The van der Waals surface area contributed by atoms with Gasteiger partial charge in [0.15, 0.2) is 0 Å². The number of fused-ring (bicyclic) bond motifs is 3. The Morgan fingerprint density at radius 2 is 1.12 bits per heavy atom. The molecule has 0 aliphatic carbocycles. The second-order valence-corrected chi connectivity index (χ2v) is 6.35. The Balaban J connectivity index is 1.82. The van der Waals surface area contributed by atoms with Crippen molar-refractivity contribution in [1.29, 1.82) is 0 Å². The zero-order valence-electron chi connectivity index (χ0n) is 14.1. The van der Waals surface area contributed by atoms with E-state index >= 15 is 0 Å². The highest BCUT2D eigenvalue weighted by Crippen LogP contribution is 2.35. The Morgan fingerprint density at radius 3 is 1.85 bits per heavy atom. The van der Waals surface area contributed by atoms with Crippen LogP contribution >= 0.6 is 0 Å². The molecule has 4 aromatic carbocycles. The molecule has 26 heavy (non-hydrogen) atoms. The van der Waals surface area contributed by atoms with E-state index in [4.69, 9.17) is 0 Å². The fourth-order valence-corrected chi connectivity index (χ4v) is 3.60. The van der Waals surface area contributed by atoms with Gasteiger partial charge in [0, 0.05) is 16.3 Å². The van der Waals surface area contributed by atoms with Crippen LogP contribution in [0.2, 0.25) is 0 Å². The molecule has 2 heteroatoms. The quantitative estimate of drug-likeness (QED) is 0.364. The number of aromatic nitrogens is 2. The molecule has 0 saturated carbocycles. The summed E-state index contributed by atoms with van der Waals surface area (Å²) in [6.45, 7) is 0. The molecule has 0 aliphatic rings. The molecule has 0 unspecified atom stereocenters. The SMILES string of the molecule is c1ccc(-c2cccc3c2ccc2c(-c4ccccc4)cnnc23)cc1. The molecule has 0 spiro atoms. The summed E-state index contributed by atoms with van der Waals surface area (Å²) in [5.74, 6) is 0. The monoisotopic (exact) mass is 332 g/mol. The van der Waals surface area contributed by atoms with E-state index in [-0.39, 0.29) is 0 Å². The van der Waals surface area contributed by atoms with Crippen molar-refractivity contribution < 1.29 is 0 Å². The van der Waals surface area contributed by atoms with Gasteiger partial charge in [-0.25, -0.2) is 0 Å². The third kappa shape index (κ3) is 2.35. The van der Waals surface area contributed by atoms with Crippen LogP contribution in [-0.2, 0) is 0 Å². The van der Waals surface area contributed by atoms with Crippen molar-refractivity contribution in [2.75, 3.05) is 0 Å². The average Bonchev–Trinajstić information content (AvgIpc) is 2.74. The molecule has 0 aliphatic heterocycles. The maximum Gasteiger partial charge on any atom is 0.101 e. The van der Waals surface area contributed by atoms with Crippen molar-refractivity contribution in [2.45, 2.75) is 0 Å². The van der Waals surface area contributed by atoms with Crippen LogP contribution < -0.4 is 0 Å². The minimum atomic E-state index is 0.946. The standard InChI is InChI=1S/C24H16N2/c1-3-8-17(9-4-1)19-12-7-13-21-20(19)14-15-22-23(16-25-26-24(21)22)18-10-5-2-6-11-18/h1-16H. The second kappa shape index (κ2) is 6.08. The zero-order chi connectivity index (χ0) is 17.3.